The summed E-state index contributed by atoms with van der Waals surface area (Å²) in [4.78, 5) is 11.7. The summed E-state index contributed by atoms with van der Waals surface area (Å²) in [7, 11) is 0. The molecule has 4 heteroatoms. The van der Waals surface area contributed by atoms with Crippen LogP contribution in [0.4, 0.5) is 8.78 Å². The van der Waals surface area contributed by atoms with Crippen molar-refractivity contribution in [2.45, 2.75) is 31.7 Å². The Labute approximate surface area is 104 Å². The number of allylic oxidation sites excluding steroid dienone is 1. The summed E-state index contributed by atoms with van der Waals surface area (Å²) in [6, 6.07) is 2.72. The smallest absolute Gasteiger partial charge is 0.244 e. The van der Waals surface area contributed by atoms with Crippen LogP contribution in [-0.2, 0) is 11.2 Å². The van der Waals surface area contributed by atoms with E-state index in [1.165, 1.54) is 18.2 Å². The SMILES string of the molecule is O=C(/C=C1\CCc2cc(F)c(F)cc21)NC1CC1. The van der Waals surface area contributed by atoms with E-state index in [4.69, 9.17) is 0 Å². The molecule has 1 N–H and O–H groups in total. The van der Waals surface area contributed by atoms with Crippen LogP contribution < -0.4 is 5.32 Å². The Morgan fingerprint density at radius 1 is 1.22 bits per heavy atom. The van der Waals surface area contributed by atoms with Gasteiger partial charge in [0, 0.05) is 12.1 Å². The van der Waals surface area contributed by atoms with Gasteiger partial charge in [0.05, 0.1) is 0 Å². The predicted molar refractivity (Wildman–Crippen MR) is 63.8 cm³/mol. The summed E-state index contributed by atoms with van der Waals surface area (Å²) in [6.45, 7) is 0. The van der Waals surface area contributed by atoms with Gasteiger partial charge in [-0.1, -0.05) is 0 Å². The lowest BCUT2D eigenvalue weighted by Crippen LogP contribution is -2.23. The normalized spacial score (nSPS) is 20.0. The lowest BCUT2D eigenvalue weighted by atomic mass is 10.1. The average Bonchev–Trinajstić information content (AvgIpc) is 3.05. The van der Waals surface area contributed by atoms with Gasteiger partial charge in [0.15, 0.2) is 11.6 Å². The maximum Gasteiger partial charge on any atom is 0.244 e. The summed E-state index contributed by atoms with van der Waals surface area (Å²) in [5.41, 5.74) is 2.24. The number of aryl methyl sites for hydroxylation is 1. The van der Waals surface area contributed by atoms with Gasteiger partial charge < -0.3 is 5.32 Å². The first-order chi connectivity index (χ1) is 8.63. The highest BCUT2D eigenvalue weighted by Gasteiger charge is 2.24. The van der Waals surface area contributed by atoms with Crippen LogP contribution in [0, 0.1) is 11.6 Å². The van der Waals surface area contributed by atoms with Crippen LogP contribution in [0.15, 0.2) is 18.2 Å². The number of hydrogen-bond acceptors (Lipinski definition) is 1. The molecule has 2 nitrogen and oxygen atoms in total. The fraction of sp³-hybridized carbons (Fsp3) is 0.357. The van der Waals surface area contributed by atoms with E-state index in [-0.39, 0.29) is 5.91 Å². The van der Waals surface area contributed by atoms with Crippen molar-refractivity contribution in [3.05, 3.63) is 41.0 Å². The van der Waals surface area contributed by atoms with Gasteiger partial charge >= 0.3 is 0 Å². The maximum absolute atomic E-state index is 13.2. The molecule has 1 amide bonds. The fourth-order valence-electron chi connectivity index (χ4n) is 2.28. The van der Waals surface area contributed by atoms with Crippen LogP contribution in [-0.4, -0.2) is 11.9 Å². The minimum absolute atomic E-state index is 0.134. The molecular formula is C14H13F2NO. The quantitative estimate of drug-likeness (QED) is 0.802. The molecule has 1 aromatic rings. The number of rotatable bonds is 2. The van der Waals surface area contributed by atoms with Crippen molar-refractivity contribution in [2.24, 2.45) is 0 Å². The molecule has 2 aliphatic rings. The standard InChI is InChI=1S/C14H13F2NO/c15-12-5-8-1-2-9(11(8)7-13(12)16)6-14(18)17-10-3-4-10/h5-7,10H,1-4H2,(H,17,18)/b9-6+. The van der Waals surface area contributed by atoms with Gasteiger partial charge in [-0.2, -0.15) is 0 Å². The minimum atomic E-state index is -0.857. The average molecular weight is 249 g/mol. The zero-order chi connectivity index (χ0) is 12.7. The van der Waals surface area contributed by atoms with E-state index in [0.717, 1.165) is 24.0 Å². The highest BCUT2D eigenvalue weighted by molar-refractivity contribution is 5.96. The number of hydrogen-bond donors (Lipinski definition) is 1. The first kappa shape index (κ1) is 11.4. The van der Waals surface area contributed by atoms with E-state index in [2.05, 4.69) is 5.32 Å². The lowest BCUT2D eigenvalue weighted by Gasteiger charge is -2.03. The molecule has 0 unspecified atom stereocenters. The Kier molecular flexibility index (Phi) is 2.65. The molecule has 18 heavy (non-hydrogen) atoms. The summed E-state index contributed by atoms with van der Waals surface area (Å²) >= 11 is 0. The summed E-state index contributed by atoms with van der Waals surface area (Å²) in [6.07, 6.45) is 4.91. The van der Waals surface area contributed by atoms with E-state index in [1.54, 1.807) is 0 Å². The Morgan fingerprint density at radius 2 is 1.94 bits per heavy atom. The molecule has 0 radical (unpaired) electrons. The van der Waals surface area contributed by atoms with Crippen LogP contribution in [0.3, 0.4) is 0 Å². The van der Waals surface area contributed by atoms with E-state index >= 15 is 0 Å². The van der Waals surface area contributed by atoms with E-state index in [0.29, 0.717) is 24.4 Å². The number of fused-ring (bicyclic) bond motifs is 1. The van der Waals surface area contributed by atoms with Gasteiger partial charge in [-0.3, -0.25) is 4.79 Å². The van der Waals surface area contributed by atoms with Gasteiger partial charge in [0.25, 0.3) is 0 Å². The summed E-state index contributed by atoms with van der Waals surface area (Å²) in [5.74, 6) is -1.81. The van der Waals surface area contributed by atoms with Crippen molar-refractivity contribution < 1.29 is 13.6 Å². The van der Waals surface area contributed by atoms with E-state index in [9.17, 15) is 13.6 Å². The number of halogens is 2. The van der Waals surface area contributed by atoms with Crippen molar-refractivity contribution in [2.75, 3.05) is 0 Å². The fourth-order valence-corrected chi connectivity index (χ4v) is 2.28. The molecule has 94 valence electrons. The van der Waals surface area contributed by atoms with Crippen LogP contribution in [0.5, 0.6) is 0 Å². The number of benzene rings is 1. The topological polar surface area (TPSA) is 29.1 Å². The molecule has 0 aromatic heterocycles. The first-order valence-corrected chi connectivity index (χ1v) is 6.13. The first-order valence-electron chi connectivity index (χ1n) is 6.13. The zero-order valence-electron chi connectivity index (χ0n) is 9.80. The molecule has 0 saturated heterocycles. The monoisotopic (exact) mass is 249 g/mol. The number of carbonyl (C=O) groups excluding carboxylic acids is 1. The molecule has 1 fully saturated rings. The number of carbonyl (C=O) groups is 1. The summed E-state index contributed by atoms with van der Waals surface area (Å²) < 4.78 is 26.3. The zero-order valence-corrected chi connectivity index (χ0v) is 9.80. The maximum atomic E-state index is 13.2. The Morgan fingerprint density at radius 3 is 2.67 bits per heavy atom. The van der Waals surface area contributed by atoms with Crippen LogP contribution in [0.1, 0.15) is 30.4 Å². The Hall–Kier alpha value is -1.71. The summed E-state index contributed by atoms with van der Waals surface area (Å²) in [5, 5.41) is 2.85. The highest BCUT2D eigenvalue weighted by Crippen LogP contribution is 2.33. The Balaban J connectivity index is 1.86. The third kappa shape index (κ3) is 2.15. The molecule has 0 heterocycles. The molecule has 0 bridgehead atoms. The largest absolute Gasteiger partial charge is 0.350 e. The van der Waals surface area contributed by atoms with Crippen molar-refractivity contribution in [3.8, 4) is 0 Å². The minimum Gasteiger partial charge on any atom is -0.350 e. The van der Waals surface area contributed by atoms with Crippen molar-refractivity contribution in [3.63, 3.8) is 0 Å². The molecule has 1 saturated carbocycles. The third-order valence-electron chi connectivity index (χ3n) is 3.38. The van der Waals surface area contributed by atoms with Gasteiger partial charge in [0.2, 0.25) is 5.91 Å². The molecule has 0 aliphatic heterocycles. The van der Waals surface area contributed by atoms with Crippen molar-refractivity contribution in [1.29, 1.82) is 0 Å². The van der Waals surface area contributed by atoms with E-state index in [1.807, 2.05) is 0 Å². The van der Waals surface area contributed by atoms with Crippen LogP contribution in [0.2, 0.25) is 0 Å². The second-order valence-corrected chi connectivity index (χ2v) is 4.88. The highest BCUT2D eigenvalue weighted by atomic mass is 19.2. The van der Waals surface area contributed by atoms with Gasteiger partial charge in [-0.25, -0.2) is 8.78 Å². The van der Waals surface area contributed by atoms with Gasteiger partial charge in [-0.05, 0) is 54.5 Å². The van der Waals surface area contributed by atoms with Crippen LogP contribution in [0.25, 0.3) is 5.57 Å². The molecule has 2 aliphatic carbocycles. The molecule has 0 spiro atoms. The number of nitrogens with one attached hydrogen (secondary N) is 1. The van der Waals surface area contributed by atoms with Gasteiger partial charge in [-0.15, -0.1) is 0 Å². The molecule has 3 rings (SSSR count). The second-order valence-electron chi connectivity index (χ2n) is 4.88. The molecule has 0 atom stereocenters. The molecule has 1 aromatic carbocycles. The Bertz CT molecular complexity index is 547. The molecular weight excluding hydrogens is 236 g/mol. The predicted octanol–water partition coefficient (Wildman–Crippen LogP) is 2.57. The van der Waals surface area contributed by atoms with Gasteiger partial charge in [0.1, 0.15) is 0 Å². The van der Waals surface area contributed by atoms with E-state index < -0.39 is 11.6 Å². The second kappa shape index (κ2) is 4.19. The van der Waals surface area contributed by atoms with Crippen molar-refractivity contribution >= 4 is 11.5 Å². The lowest BCUT2D eigenvalue weighted by molar-refractivity contribution is -0.116. The third-order valence-corrected chi connectivity index (χ3v) is 3.38. The van der Waals surface area contributed by atoms with Crippen LogP contribution >= 0.6 is 0 Å². The van der Waals surface area contributed by atoms with Crippen molar-refractivity contribution in [1.82, 2.24) is 5.32 Å². The number of amides is 1.